The number of amides is 1. The average Bonchev–Trinajstić information content (AvgIpc) is 3.25. The third-order valence-electron chi connectivity index (χ3n) is 4.06. The lowest BCUT2D eigenvalue weighted by molar-refractivity contribution is 0.0925. The number of thioether (sulfide) groups is 1. The first kappa shape index (κ1) is 13.8. The molecular formula is C16H15FN2O2S. The fourth-order valence-electron chi connectivity index (χ4n) is 2.70. The van der Waals surface area contributed by atoms with Crippen molar-refractivity contribution in [2.75, 3.05) is 5.75 Å². The van der Waals surface area contributed by atoms with Gasteiger partial charge in [0.05, 0.1) is 6.04 Å². The Labute approximate surface area is 131 Å². The van der Waals surface area contributed by atoms with Gasteiger partial charge in [-0.3, -0.25) is 4.79 Å². The Morgan fingerprint density at radius 2 is 2.18 bits per heavy atom. The SMILES string of the molecule is O=C(NC1CCSc2ccc(F)cc21)c1cc(C2CC2)on1. The maximum Gasteiger partial charge on any atom is 0.273 e. The van der Waals surface area contributed by atoms with Crippen LogP contribution in [0.15, 0.2) is 33.7 Å². The Bertz CT molecular complexity index is 727. The molecule has 1 saturated carbocycles. The molecule has 1 aliphatic heterocycles. The highest BCUT2D eigenvalue weighted by molar-refractivity contribution is 7.99. The number of fused-ring (bicyclic) bond motifs is 1. The van der Waals surface area contributed by atoms with Crippen molar-refractivity contribution in [3.63, 3.8) is 0 Å². The second-order valence-corrected chi connectivity index (χ2v) is 6.87. The van der Waals surface area contributed by atoms with Gasteiger partial charge in [-0.05, 0) is 43.0 Å². The van der Waals surface area contributed by atoms with Crippen LogP contribution in [0.3, 0.4) is 0 Å². The molecule has 1 aromatic heterocycles. The Balaban J connectivity index is 1.53. The lowest BCUT2D eigenvalue weighted by Gasteiger charge is -2.25. The van der Waals surface area contributed by atoms with Crippen molar-refractivity contribution in [1.29, 1.82) is 0 Å². The smallest absolute Gasteiger partial charge is 0.273 e. The highest BCUT2D eigenvalue weighted by Crippen LogP contribution is 2.40. The monoisotopic (exact) mass is 318 g/mol. The number of aromatic nitrogens is 1. The summed E-state index contributed by atoms with van der Waals surface area (Å²) in [6.07, 6.45) is 2.98. The van der Waals surface area contributed by atoms with Crippen LogP contribution in [-0.4, -0.2) is 16.8 Å². The summed E-state index contributed by atoms with van der Waals surface area (Å²) in [5.41, 5.74) is 1.15. The fraction of sp³-hybridized carbons (Fsp3) is 0.375. The Morgan fingerprint density at radius 1 is 1.32 bits per heavy atom. The van der Waals surface area contributed by atoms with Crippen molar-refractivity contribution in [2.45, 2.75) is 36.1 Å². The molecule has 2 aromatic rings. The van der Waals surface area contributed by atoms with Crippen molar-refractivity contribution in [3.05, 3.63) is 47.1 Å². The molecule has 22 heavy (non-hydrogen) atoms. The van der Waals surface area contributed by atoms with Gasteiger partial charge in [0.2, 0.25) is 0 Å². The number of nitrogens with zero attached hydrogens (tertiary/aromatic N) is 1. The molecule has 1 fully saturated rings. The van der Waals surface area contributed by atoms with Gasteiger partial charge in [0.25, 0.3) is 5.91 Å². The molecule has 0 spiro atoms. The summed E-state index contributed by atoms with van der Waals surface area (Å²) >= 11 is 1.69. The third kappa shape index (κ3) is 2.63. The topological polar surface area (TPSA) is 55.1 Å². The molecule has 1 atom stereocenters. The van der Waals surface area contributed by atoms with E-state index in [1.165, 1.54) is 12.1 Å². The molecule has 1 N–H and O–H groups in total. The number of rotatable bonds is 3. The maximum atomic E-state index is 13.5. The van der Waals surface area contributed by atoms with Crippen molar-refractivity contribution in [1.82, 2.24) is 10.5 Å². The van der Waals surface area contributed by atoms with Crippen LogP contribution in [0.25, 0.3) is 0 Å². The van der Waals surface area contributed by atoms with E-state index < -0.39 is 0 Å². The summed E-state index contributed by atoms with van der Waals surface area (Å²) < 4.78 is 18.7. The molecule has 1 aromatic carbocycles. The highest BCUT2D eigenvalue weighted by Gasteiger charge is 2.30. The highest BCUT2D eigenvalue weighted by atomic mass is 32.2. The Kier molecular flexibility index (Phi) is 3.41. The van der Waals surface area contributed by atoms with Crippen molar-refractivity contribution >= 4 is 17.7 Å². The summed E-state index contributed by atoms with van der Waals surface area (Å²) in [6, 6.07) is 6.27. The molecule has 2 aliphatic rings. The maximum absolute atomic E-state index is 13.5. The fourth-order valence-corrected chi connectivity index (χ4v) is 3.81. The number of carbonyl (C=O) groups excluding carboxylic acids is 1. The third-order valence-corrected chi connectivity index (χ3v) is 5.18. The molecule has 6 heteroatoms. The van der Waals surface area contributed by atoms with Gasteiger partial charge in [0, 0.05) is 22.6 Å². The van der Waals surface area contributed by atoms with Crippen molar-refractivity contribution in [3.8, 4) is 0 Å². The molecule has 2 heterocycles. The van der Waals surface area contributed by atoms with Crippen LogP contribution < -0.4 is 5.32 Å². The van der Waals surface area contributed by atoms with Crippen LogP contribution in [0.2, 0.25) is 0 Å². The van der Waals surface area contributed by atoms with Gasteiger partial charge in [0.15, 0.2) is 5.69 Å². The van der Waals surface area contributed by atoms with Gasteiger partial charge in [-0.1, -0.05) is 5.16 Å². The zero-order valence-corrected chi connectivity index (χ0v) is 12.7. The predicted molar refractivity (Wildman–Crippen MR) is 80.4 cm³/mol. The van der Waals surface area contributed by atoms with E-state index in [-0.39, 0.29) is 17.8 Å². The zero-order chi connectivity index (χ0) is 15.1. The van der Waals surface area contributed by atoms with Gasteiger partial charge in [-0.25, -0.2) is 4.39 Å². The Hall–Kier alpha value is -1.82. The summed E-state index contributed by atoms with van der Waals surface area (Å²) in [6.45, 7) is 0. The van der Waals surface area contributed by atoms with Crippen molar-refractivity contribution < 1.29 is 13.7 Å². The first-order valence-electron chi connectivity index (χ1n) is 7.40. The summed E-state index contributed by atoms with van der Waals surface area (Å²) in [5.74, 6) is 1.57. The Morgan fingerprint density at radius 3 is 3.00 bits per heavy atom. The van der Waals surface area contributed by atoms with Crippen molar-refractivity contribution in [2.24, 2.45) is 0 Å². The quantitative estimate of drug-likeness (QED) is 0.938. The minimum Gasteiger partial charge on any atom is -0.360 e. The lowest BCUT2D eigenvalue weighted by Crippen LogP contribution is -2.31. The van der Waals surface area contributed by atoms with E-state index in [0.29, 0.717) is 11.6 Å². The normalized spacial score (nSPS) is 20.5. The molecule has 1 unspecified atom stereocenters. The average molecular weight is 318 g/mol. The number of hydrogen-bond donors (Lipinski definition) is 1. The van der Waals surface area contributed by atoms with Gasteiger partial charge < -0.3 is 9.84 Å². The minimum atomic E-state index is -0.280. The van der Waals surface area contributed by atoms with E-state index in [4.69, 9.17) is 4.52 Å². The number of halogens is 1. The summed E-state index contributed by atoms with van der Waals surface area (Å²) in [5, 5.41) is 6.80. The number of nitrogens with one attached hydrogen (secondary N) is 1. The molecule has 4 nitrogen and oxygen atoms in total. The second-order valence-electron chi connectivity index (χ2n) is 5.73. The van der Waals surface area contributed by atoms with E-state index in [1.807, 2.05) is 0 Å². The zero-order valence-electron chi connectivity index (χ0n) is 11.8. The molecule has 0 bridgehead atoms. The van der Waals surface area contributed by atoms with Crippen LogP contribution in [-0.2, 0) is 0 Å². The largest absolute Gasteiger partial charge is 0.360 e. The van der Waals surface area contributed by atoms with Gasteiger partial charge in [-0.2, -0.15) is 0 Å². The first-order chi connectivity index (χ1) is 10.7. The number of carbonyl (C=O) groups is 1. The molecule has 4 rings (SSSR count). The van der Waals surface area contributed by atoms with Gasteiger partial charge in [0.1, 0.15) is 11.6 Å². The summed E-state index contributed by atoms with van der Waals surface area (Å²) in [4.78, 5) is 13.4. The number of hydrogen-bond acceptors (Lipinski definition) is 4. The van der Waals surface area contributed by atoms with E-state index in [1.54, 1.807) is 23.9 Å². The molecule has 114 valence electrons. The van der Waals surface area contributed by atoms with Gasteiger partial charge in [-0.15, -0.1) is 11.8 Å². The van der Waals surface area contributed by atoms with Crippen LogP contribution in [0, 0.1) is 5.82 Å². The first-order valence-corrected chi connectivity index (χ1v) is 8.39. The van der Waals surface area contributed by atoms with Crippen LogP contribution in [0.5, 0.6) is 0 Å². The second kappa shape index (κ2) is 5.43. The molecule has 1 aliphatic carbocycles. The predicted octanol–water partition coefficient (Wildman–Crippen LogP) is 3.66. The van der Waals surface area contributed by atoms with Gasteiger partial charge >= 0.3 is 0 Å². The molecular weight excluding hydrogens is 303 g/mol. The standard InChI is InChI=1S/C16H15FN2O2S/c17-10-3-4-15-11(7-10)12(5-6-22-15)18-16(20)13-8-14(21-19-13)9-1-2-9/h3-4,7-9,12H,1-2,5-6H2,(H,18,20). The van der Waals surface area contributed by atoms with Crippen LogP contribution in [0.4, 0.5) is 4.39 Å². The van der Waals surface area contributed by atoms with Crippen LogP contribution >= 0.6 is 11.8 Å². The molecule has 0 saturated heterocycles. The van der Waals surface area contributed by atoms with E-state index in [9.17, 15) is 9.18 Å². The van der Waals surface area contributed by atoms with E-state index in [0.717, 1.165) is 41.2 Å². The molecule has 0 radical (unpaired) electrons. The van der Waals surface area contributed by atoms with Crippen LogP contribution in [0.1, 0.15) is 53.0 Å². The lowest BCUT2D eigenvalue weighted by atomic mass is 10.0. The number of benzene rings is 1. The van der Waals surface area contributed by atoms with E-state index in [2.05, 4.69) is 10.5 Å². The molecule has 1 amide bonds. The van der Waals surface area contributed by atoms with E-state index >= 15 is 0 Å². The minimum absolute atomic E-state index is 0.180. The summed E-state index contributed by atoms with van der Waals surface area (Å²) in [7, 11) is 0.